The first-order chi connectivity index (χ1) is 14.9. The van der Waals surface area contributed by atoms with Crippen molar-refractivity contribution in [2.24, 2.45) is 0 Å². The Morgan fingerprint density at radius 3 is 2.45 bits per heavy atom. The molecule has 4 rings (SSSR count). The van der Waals surface area contributed by atoms with Gasteiger partial charge < -0.3 is 10.3 Å². The van der Waals surface area contributed by atoms with Gasteiger partial charge in [0.2, 0.25) is 5.91 Å². The normalized spacial score (nSPS) is 11.5. The lowest BCUT2D eigenvalue weighted by Crippen LogP contribution is -2.14. The van der Waals surface area contributed by atoms with E-state index in [1.165, 1.54) is 0 Å². The highest BCUT2D eigenvalue weighted by Crippen LogP contribution is 2.31. The van der Waals surface area contributed by atoms with E-state index in [9.17, 15) is 13.2 Å². The molecule has 1 aromatic heterocycles. The molecule has 2 N–H and O–H groups in total. The number of H-pyrrole nitrogens is 1. The average Bonchev–Trinajstić information content (AvgIpc) is 3.23. The van der Waals surface area contributed by atoms with E-state index in [1.54, 1.807) is 31.2 Å². The molecule has 0 saturated carbocycles. The second-order valence-electron chi connectivity index (χ2n) is 7.55. The van der Waals surface area contributed by atoms with Crippen molar-refractivity contribution in [3.05, 3.63) is 84.1 Å². The number of sulfone groups is 1. The quantitative estimate of drug-likeness (QED) is 0.444. The predicted molar refractivity (Wildman–Crippen MR) is 125 cm³/mol. The van der Waals surface area contributed by atoms with Gasteiger partial charge in [-0.25, -0.2) is 8.42 Å². The zero-order valence-corrected chi connectivity index (χ0v) is 18.3. The van der Waals surface area contributed by atoms with Crippen LogP contribution in [0.3, 0.4) is 0 Å². The van der Waals surface area contributed by atoms with Crippen LogP contribution < -0.4 is 5.32 Å². The predicted octanol–water partition coefficient (Wildman–Crippen LogP) is 5.12. The van der Waals surface area contributed by atoms with Crippen LogP contribution in [0.5, 0.6) is 0 Å². The van der Waals surface area contributed by atoms with Gasteiger partial charge in [0.05, 0.1) is 17.1 Å². The fraction of sp³-hybridized carbons (Fsp3) is 0.160. The zero-order chi connectivity index (χ0) is 22.0. The highest BCUT2D eigenvalue weighted by Gasteiger charge is 2.12. The molecule has 1 amide bonds. The molecular weight excluding hydrogens is 408 g/mol. The number of carbonyl (C=O) groups is 1. The first-order valence-electron chi connectivity index (χ1n) is 10.2. The molecule has 4 aromatic rings. The molecule has 0 aliphatic rings. The van der Waals surface area contributed by atoms with Crippen molar-refractivity contribution in [2.45, 2.75) is 25.2 Å². The Morgan fingerprint density at radius 1 is 0.968 bits per heavy atom. The van der Waals surface area contributed by atoms with Crippen LogP contribution in [0, 0.1) is 6.92 Å². The Morgan fingerprint density at radius 2 is 1.74 bits per heavy atom. The molecule has 0 aliphatic carbocycles. The molecule has 0 bridgehead atoms. The van der Waals surface area contributed by atoms with Gasteiger partial charge in [0, 0.05) is 22.8 Å². The third-order valence-electron chi connectivity index (χ3n) is 5.42. The molecule has 0 radical (unpaired) electrons. The van der Waals surface area contributed by atoms with Crippen LogP contribution in [0.25, 0.3) is 22.0 Å². The van der Waals surface area contributed by atoms with E-state index < -0.39 is 9.84 Å². The second kappa shape index (κ2) is 8.40. The number of aromatic nitrogens is 1. The second-order valence-corrected chi connectivity index (χ2v) is 9.82. The minimum atomic E-state index is -3.24. The van der Waals surface area contributed by atoms with Gasteiger partial charge in [-0.15, -0.1) is 0 Å². The molecule has 6 heteroatoms. The van der Waals surface area contributed by atoms with Crippen LogP contribution in [0.15, 0.2) is 77.8 Å². The van der Waals surface area contributed by atoms with Gasteiger partial charge in [0.15, 0.2) is 9.84 Å². The number of anilines is 1. The third-order valence-corrected chi connectivity index (χ3v) is 7.17. The van der Waals surface area contributed by atoms with E-state index in [0.717, 1.165) is 38.8 Å². The topological polar surface area (TPSA) is 79.0 Å². The van der Waals surface area contributed by atoms with Gasteiger partial charge in [-0.05, 0) is 65.6 Å². The molecule has 0 spiro atoms. The molecule has 1 heterocycles. The summed E-state index contributed by atoms with van der Waals surface area (Å²) in [5.41, 5.74) is 5.93. The standard InChI is InChI=1S/C25H24N2O3S/c1-3-31(29,30)20-10-7-18(8-11-20)16-25(28)27-19-9-12-21(17(2)15-19)22-5-4-6-24-23(22)13-14-26-24/h4-15,26H,3,16H2,1-2H3,(H,27,28). The molecule has 0 atom stereocenters. The van der Waals surface area contributed by atoms with E-state index >= 15 is 0 Å². The van der Waals surface area contributed by atoms with Crippen molar-refractivity contribution in [2.75, 3.05) is 11.1 Å². The Labute approximate surface area is 182 Å². The fourth-order valence-corrected chi connectivity index (χ4v) is 4.62. The van der Waals surface area contributed by atoms with Crippen LogP contribution in [0.2, 0.25) is 0 Å². The summed E-state index contributed by atoms with van der Waals surface area (Å²) in [6.07, 6.45) is 2.11. The lowest BCUT2D eigenvalue weighted by molar-refractivity contribution is -0.115. The minimum Gasteiger partial charge on any atom is -0.361 e. The summed E-state index contributed by atoms with van der Waals surface area (Å²) < 4.78 is 23.8. The molecule has 5 nitrogen and oxygen atoms in total. The number of carbonyl (C=O) groups excluding carboxylic acids is 1. The number of fused-ring (bicyclic) bond motifs is 1. The fourth-order valence-electron chi connectivity index (χ4n) is 3.74. The molecule has 158 valence electrons. The van der Waals surface area contributed by atoms with Crippen molar-refractivity contribution < 1.29 is 13.2 Å². The van der Waals surface area contributed by atoms with Gasteiger partial charge >= 0.3 is 0 Å². The van der Waals surface area contributed by atoms with Gasteiger partial charge in [-0.2, -0.15) is 0 Å². The van der Waals surface area contributed by atoms with E-state index in [4.69, 9.17) is 0 Å². The first kappa shape index (κ1) is 20.9. The molecule has 0 fully saturated rings. The third kappa shape index (κ3) is 4.39. The summed E-state index contributed by atoms with van der Waals surface area (Å²) in [5, 5.41) is 4.10. The molecule has 0 aliphatic heterocycles. The monoisotopic (exact) mass is 432 g/mol. The maximum atomic E-state index is 12.5. The molecule has 0 unspecified atom stereocenters. The molecule has 0 saturated heterocycles. The highest BCUT2D eigenvalue weighted by molar-refractivity contribution is 7.91. The highest BCUT2D eigenvalue weighted by atomic mass is 32.2. The average molecular weight is 433 g/mol. The lowest BCUT2D eigenvalue weighted by Gasteiger charge is -2.11. The van der Waals surface area contributed by atoms with Crippen LogP contribution in [0.4, 0.5) is 5.69 Å². The van der Waals surface area contributed by atoms with E-state index in [1.807, 2.05) is 43.5 Å². The SMILES string of the molecule is CCS(=O)(=O)c1ccc(CC(=O)Nc2ccc(-c3cccc4[nH]ccc34)c(C)c2)cc1. The number of amides is 1. The maximum Gasteiger partial charge on any atom is 0.228 e. The first-order valence-corrected chi connectivity index (χ1v) is 11.8. The van der Waals surface area contributed by atoms with Crippen LogP contribution in [-0.2, 0) is 21.1 Å². The summed E-state index contributed by atoms with van der Waals surface area (Å²) in [4.78, 5) is 16.0. The number of aryl methyl sites for hydroxylation is 1. The molecule has 3 aromatic carbocycles. The number of rotatable bonds is 6. The number of hydrogen-bond acceptors (Lipinski definition) is 3. The van der Waals surface area contributed by atoms with Crippen LogP contribution in [-0.4, -0.2) is 25.1 Å². The van der Waals surface area contributed by atoms with E-state index in [2.05, 4.69) is 22.4 Å². The van der Waals surface area contributed by atoms with Crippen molar-refractivity contribution >= 4 is 32.3 Å². The Balaban J connectivity index is 1.48. The summed E-state index contributed by atoms with van der Waals surface area (Å²) in [6, 6.07) is 20.6. The lowest BCUT2D eigenvalue weighted by atomic mass is 9.97. The van der Waals surface area contributed by atoms with Gasteiger partial charge in [-0.3, -0.25) is 4.79 Å². The van der Waals surface area contributed by atoms with Crippen LogP contribution >= 0.6 is 0 Å². The summed E-state index contributed by atoms with van der Waals surface area (Å²) in [7, 11) is -3.24. The van der Waals surface area contributed by atoms with Crippen molar-refractivity contribution in [1.29, 1.82) is 0 Å². The van der Waals surface area contributed by atoms with E-state index in [-0.39, 0.29) is 23.0 Å². The van der Waals surface area contributed by atoms with Gasteiger partial charge in [0.25, 0.3) is 0 Å². The smallest absolute Gasteiger partial charge is 0.228 e. The van der Waals surface area contributed by atoms with Gasteiger partial charge in [-0.1, -0.05) is 37.3 Å². The maximum absolute atomic E-state index is 12.5. The van der Waals surface area contributed by atoms with Crippen molar-refractivity contribution in [1.82, 2.24) is 4.98 Å². The summed E-state index contributed by atoms with van der Waals surface area (Å²) >= 11 is 0. The Kier molecular flexibility index (Phi) is 5.65. The van der Waals surface area contributed by atoms with E-state index in [0.29, 0.717) is 0 Å². The van der Waals surface area contributed by atoms with Crippen molar-refractivity contribution in [3.63, 3.8) is 0 Å². The summed E-state index contributed by atoms with van der Waals surface area (Å²) in [6.45, 7) is 3.64. The number of nitrogens with one attached hydrogen (secondary N) is 2. The Bertz CT molecular complexity index is 1350. The zero-order valence-electron chi connectivity index (χ0n) is 17.5. The van der Waals surface area contributed by atoms with Crippen molar-refractivity contribution in [3.8, 4) is 11.1 Å². The molecule has 31 heavy (non-hydrogen) atoms. The number of aromatic amines is 1. The Hall–Kier alpha value is -3.38. The molecular formula is C25H24N2O3S. The van der Waals surface area contributed by atoms with Crippen LogP contribution in [0.1, 0.15) is 18.1 Å². The minimum absolute atomic E-state index is 0.0563. The summed E-state index contributed by atoms with van der Waals surface area (Å²) in [5.74, 6) is -0.0909. The number of benzene rings is 3. The van der Waals surface area contributed by atoms with Gasteiger partial charge in [0.1, 0.15) is 0 Å². The largest absolute Gasteiger partial charge is 0.361 e. The number of hydrogen-bond donors (Lipinski definition) is 2.